The van der Waals surface area contributed by atoms with Gasteiger partial charge >= 0.3 is 8.80 Å². The maximum absolute atomic E-state index is 6.58. The summed E-state index contributed by atoms with van der Waals surface area (Å²) in [6, 6.07) is 44.8. The van der Waals surface area contributed by atoms with Gasteiger partial charge in [-0.25, -0.2) is 0 Å². The van der Waals surface area contributed by atoms with Crippen molar-refractivity contribution in [2.45, 2.75) is 20.8 Å². The molecule has 5 aromatic carbocycles. The van der Waals surface area contributed by atoms with E-state index in [1.54, 1.807) is 0 Å². The molecule has 0 atom stereocenters. The Morgan fingerprint density at radius 3 is 1.18 bits per heavy atom. The Morgan fingerprint density at radius 2 is 0.775 bits per heavy atom. The van der Waals surface area contributed by atoms with Crippen LogP contribution < -0.4 is 5.19 Å². The van der Waals surface area contributed by atoms with Crippen molar-refractivity contribution < 1.29 is 13.3 Å². The van der Waals surface area contributed by atoms with Gasteiger partial charge in [-0.3, -0.25) is 0 Å². The maximum Gasteiger partial charge on any atom is 0.537 e. The van der Waals surface area contributed by atoms with Gasteiger partial charge in [-0.1, -0.05) is 121 Å². The van der Waals surface area contributed by atoms with Crippen LogP contribution in [0.15, 0.2) is 127 Å². The summed E-state index contributed by atoms with van der Waals surface area (Å²) in [6.45, 7) is 7.50. The smallest absolute Gasteiger partial charge is 0.370 e. The summed E-state index contributed by atoms with van der Waals surface area (Å²) in [5.41, 5.74) is 9.05. The van der Waals surface area contributed by atoms with Crippen molar-refractivity contribution in [3.05, 3.63) is 127 Å². The Morgan fingerprint density at radius 1 is 0.425 bits per heavy atom. The van der Waals surface area contributed by atoms with Gasteiger partial charge in [0.2, 0.25) is 0 Å². The van der Waals surface area contributed by atoms with Crippen LogP contribution in [0.2, 0.25) is 0 Å². The molecule has 4 heteroatoms. The van der Waals surface area contributed by atoms with Crippen molar-refractivity contribution in [3.8, 4) is 44.5 Å². The normalized spacial score (nSPS) is 11.5. The van der Waals surface area contributed by atoms with E-state index >= 15 is 0 Å². The van der Waals surface area contributed by atoms with Crippen molar-refractivity contribution in [1.29, 1.82) is 0 Å². The number of benzene rings is 5. The van der Waals surface area contributed by atoms with E-state index in [9.17, 15) is 0 Å². The highest BCUT2D eigenvalue weighted by atomic mass is 28.4. The quantitative estimate of drug-likeness (QED) is 0.156. The van der Waals surface area contributed by atoms with E-state index in [2.05, 4.69) is 127 Å². The predicted octanol–water partition coefficient (Wildman–Crippen LogP) is 8.61. The molecule has 0 bridgehead atoms. The second-order valence-electron chi connectivity index (χ2n) is 9.42. The molecule has 202 valence electrons. The molecule has 0 saturated heterocycles. The highest BCUT2D eigenvalue weighted by Gasteiger charge is 2.46. The summed E-state index contributed by atoms with van der Waals surface area (Å²) >= 11 is 0. The van der Waals surface area contributed by atoms with Crippen molar-refractivity contribution in [1.82, 2.24) is 0 Å². The first-order valence-corrected chi connectivity index (χ1v) is 15.8. The van der Waals surface area contributed by atoms with Gasteiger partial charge in [0, 0.05) is 25.0 Å². The minimum Gasteiger partial charge on any atom is -0.370 e. The summed E-state index contributed by atoms with van der Waals surface area (Å²) in [4.78, 5) is 0. The zero-order valence-corrected chi connectivity index (χ0v) is 24.5. The fourth-order valence-corrected chi connectivity index (χ4v) is 8.15. The first kappa shape index (κ1) is 27.8. The molecule has 0 fully saturated rings. The topological polar surface area (TPSA) is 27.7 Å². The molecule has 0 spiro atoms. The van der Waals surface area contributed by atoms with Crippen LogP contribution in [0, 0.1) is 0 Å². The Bertz CT molecular complexity index is 1490. The second-order valence-corrected chi connectivity index (χ2v) is 11.9. The summed E-state index contributed by atoms with van der Waals surface area (Å²) in [7, 11) is -3.35. The van der Waals surface area contributed by atoms with E-state index in [0.717, 1.165) is 44.1 Å². The minimum absolute atomic E-state index is 0.488. The lowest BCUT2D eigenvalue weighted by molar-refractivity contribution is 0.0860. The largest absolute Gasteiger partial charge is 0.537 e. The van der Waals surface area contributed by atoms with E-state index in [1.165, 1.54) is 5.56 Å². The molecule has 0 amide bonds. The van der Waals surface area contributed by atoms with Crippen LogP contribution in [0.25, 0.3) is 44.5 Å². The molecule has 0 aromatic heterocycles. The van der Waals surface area contributed by atoms with E-state index in [0.29, 0.717) is 19.8 Å². The van der Waals surface area contributed by atoms with Crippen LogP contribution in [0.3, 0.4) is 0 Å². The Balaban J connectivity index is 2.04. The molecule has 40 heavy (non-hydrogen) atoms. The summed E-state index contributed by atoms with van der Waals surface area (Å²) in [6.07, 6.45) is 0. The maximum atomic E-state index is 6.58. The van der Waals surface area contributed by atoms with Crippen molar-refractivity contribution >= 4 is 14.0 Å². The molecule has 0 N–H and O–H groups in total. The van der Waals surface area contributed by atoms with E-state index in [-0.39, 0.29) is 0 Å². The standard InChI is InChI=1S/C36H36O3Si/c1-4-37-40(38-5-2,39-6-3)33-27-32(28-19-11-7-12-20-28)34(29-21-13-8-14-22-29)36(31-25-17-10-18-26-31)35(33)30-23-15-9-16-24-30/h7-27H,4-6H2,1-3H3. The van der Waals surface area contributed by atoms with E-state index in [4.69, 9.17) is 13.3 Å². The zero-order valence-electron chi connectivity index (χ0n) is 23.5. The predicted molar refractivity (Wildman–Crippen MR) is 168 cm³/mol. The molecule has 0 unspecified atom stereocenters. The lowest BCUT2D eigenvalue weighted by Gasteiger charge is -2.33. The third-order valence-electron chi connectivity index (χ3n) is 6.93. The lowest BCUT2D eigenvalue weighted by Crippen LogP contribution is -2.57. The van der Waals surface area contributed by atoms with Gasteiger partial charge in [-0.15, -0.1) is 0 Å². The molecular formula is C36H36O3Si. The monoisotopic (exact) mass is 544 g/mol. The summed E-state index contributed by atoms with van der Waals surface area (Å²) in [5.74, 6) is 0. The molecule has 0 aliphatic rings. The Hall–Kier alpha value is -3.80. The number of rotatable bonds is 11. The molecule has 0 radical (unpaired) electrons. The first-order valence-electron chi connectivity index (χ1n) is 14.1. The summed E-state index contributed by atoms with van der Waals surface area (Å²) in [5, 5.41) is 0.988. The van der Waals surface area contributed by atoms with Crippen molar-refractivity contribution in [2.24, 2.45) is 0 Å². The molecule has 0 aliphatic carbocycles. The van der Waals surface area contributed by atoms with Crippen LogP contribution in [-0.4, -0.2) is 28.6 Å². The summed E-state index contributed by atoms with van der Waals surface area (Å²) < 4.78 is 19.7. The molecule has 0 saturated carbocycles. The average Bonchev–Trinajstić information content (AvgIpc) is 3.02. The van der Waals surface area contributed by atoms with Crippen LogP contribution >= 0.6 is 0 Å². The van der Waals surface area contributed by atoms with Gasteiger partial charge in [-0.2, -0.15) is 0 Å². The van der Waals surface area contributed by atoms with Crippen LogP contribution in [0.5, 0.6) is 0 Å². The van der Waals surface area contributed by atoms with E-state index < -0.39 is 8.80 Å². The third kappa shape index (κ3) is 5.58. The zero-order chi connectivity index (χ0) is 27.8. The van der Waals surface area contributed by atoms with Crippen molar-refractivity contribution in [3.63, 3.8) is 0 Å². The van der Waals surface area contributed by atoms with Crippen molar-refractivity contribution in [2.75, 3.05) is 19.8 Å². The van der Waals surface area contributed by atoms with Gasteiger partial charge in [0.25, 0.3) is 0 Å². The van der Waals surface area contributed by atoms with Gasteiger partial charge in [-0.05, 0) is 71.3 Å². The molecule has 3 nitrogen and oxygen atoms in total. The molecule has 5 aromatic rings. The minimum atomic E-state index is -3.35. The Kier molecular flexibility index (Phi) is 9.04. The number of hydrogen-bond acceptors (Lipinski definition) is 3. The van der Waals surface area contributed by atoms with Crippen LogP contribution in [0.1, 0.15) is 20.8 Å². The van der Waals surface area contributed by atoms with Gasteiger partial charge in [0.15, 0.2) is 0 Å². The van der Waals surface area contributed by atoms with Crippen LogP contribution in [0.4, 0.5) is 0 Å². The lowest BCUT2D eigenvalue weighted by atomic mass is 9.83. The highest BCUT2D eigenvalue weighted by molar-refractivity contribution is 6.77. The Labute approximate surface area is 239 Å². The SMILES string of the molecule is CCO[Si](OCC)(OCC)c1cc(-c2ccccc2)c(-c2ccccc2)c(-c2ccccc2)c1-c1ccccc1. The fourth-order valence-electron chi connectivity index (χ4n) is 5.40. The average molecular weight is 545 g/mol. The number of hydrogen-bond donors (Lipinski definition) is 0. The van der Waals surface area contributed by atoms with Gasteiger partial charge in [0.1, 0.15) is 0 Å². The first-order chi connectivity index (χ1) is 19.7. The highest BCUT2D eigenvalue weighted by Crippen LogP contribution is 2.45. The third-order valence-corrected chi connectivity index (χ3v) is 9.99. The molecule has 0 heterocycles. The second kappa shape index (κ2) is 13.0. The van der Waals surface area contributed by atoms with Crippen LogP contribution in [-0.2, 0) is 13.3 Å². The molecule has 5 rings (SSSR count). The van der Waals surface area contributed by atoms with E-state index in [1.807, 2.05) is 20.8 Å². The van der Waals surface area contributed by atoms with Gasteiger partial charge < -0.3 is 13.3 Å². The molecular weight excluding hydrogens is 508 g/mol. The van der Waals surface area contributed by atoms with Gasteiger partial charge in [0.05, 0.1) is 0 Å². The molecule has 0 aliphatic heterocycles. The fraction of sp³-hybridized carbons (Fsp3) is 0.167.